The third-order valence-electron chi connectivity index (χ3n) is 3.92. The smallest absolute Gasteiger partial charge is 0.00504 e. The van der Waals surface area contributed by atoms with Crippen molar-refractivity contribution in [3.8, 4) is 0 Å². The lowest BCUT2D eigenvalue weighted by molar-refractivity contribution is 0.208. The van der Waals surface area contributed by atoms with E-state index in [2.05, 4.69) is 43.9 Å². The predicted molar refractivity (Wildman–Crippen MR) is 74.6 cm³/mol. The van der Waals surface area contributed by atoms with Gasteiger partial charge in [0.05, 0.1) is 0 Å². The fraction of sp³-hybridized carbons (Fsp3) is 0.625. The van der Waals surface area contributed by atoms with Crippen LogP contribution in [0, 0.1) is 13.8 Å². The van der Waals surface area contributed by atoms with Crippen molar-refractivity contribution in [2.24, 2.45) is 0 Å². The molecule has 2 rings (SSSR count). The Bertz CT molecular complexity index is 368. The van der Waals surface area contributed by atoms with E-state index in [-0.39, 0.29) is 0 Å². The van der Waals surface area contributed by atoms with Crippen molar-refractivity contribution in [3.05, 3.63) is 34.9 Å². The van der Waals surface area contributed by atoms with Crippen LogP contribution in [-0.2, 0) is 0 Å². The normalized spacial score (nSPS) is 21.7. The zero-order valence-corrected chi connectivity index (χ0v) is 11.5. The van der Waals surface area contributed by atoms with Gasteiger partial charge >= 0.3 is 0 Å². The van der Waals surface area contributed by atoms with Gasteiger partial charge < -0.3 is 4.90 Å². The van der Waals surface area contributed by atoms with Gasteiger partial charge in [-0.1, -0.05) is 30.7 Å². The zero-order valence-electron chi connectivity index (χ0n) is 11.5. The van der Waals surface area contributed by atoms with Crippen molar-refractivity contribution in [2.45, 2.75) is 46.0 Å². The highest BCUT2D eigenvalue weighted by Crippen LogP contribution is 2.29. The monoisotopic (exact) mass is 231 g/mol. The molecule has 0 aromatic heterocycles. The van der Waals surface area contributed by atoms with Crippen LogP contribution in [0.2, 0.25) is 0 Å². The number of rotatable bonds is 3. The Labute approximate surface area is 106 Å². The Morgan fingerprint density at radius 3 is 2.88 bits per heavy atom. The fourth-order valence-electron chi connectivity index (χ4n) is 3.03. The van der Waals surface area contributed by atoms with Crippen LogP contribution in [-0.4, -0.2) is 24.5 Å². The minimum Gasteiger partial charge on any atom is -0.303 e. The molecular weight excluding hydrogens is 206 g/mol. The van der Waals surface area contributed by atoms with Crippen molar-refractivity contribution in [2.75, 3.05) is 19.6 Å². The van der Waals surface area contributed by atoms with Gasteiger partial charge in [0.25, 0.3) is 0 Å². The van der Waals surface area contributed by atoms with E-state index in [0.29, 0.717) is 0 Å². The Kier molecular flexibility index (Phi) is 4.22. The van der Waals surface area contributed by atoms with E-state index in [1.807, 2.05) is 0 Å². The SMILES string of the molecule is CCCN1CCC[C@@H](c2cc(C)ccc2C)C1. The summed E-state index contributed by atoms with van der Waals surface area (Å²) in [6.45, 7) is 10.6. The second kappa shape index (κ2) is 5.68. The lowest BCUT2D eigenvalue weighted by atomic mass is 9.87. The molecule has 0 saturated carbocycles. The van der Waals surface area contributed by atoms with Crippen molar-refractivity contribution in [3.63, 3.8) is 0 Å². The molecule has 1 aliphatic rings. The van der Waals surface area contributed by atoms with Crippen molar-refractivity contribution < 1.29 is 0 Å². The first kappa shape index (κ1) is 12.6. The summed E-state index contributed by atoms with van der Waals surface area (Å²) in [5.41, 5.74) is 4.46. The van der Waals surface area contributed by atoms with Gasteiger partial charge in [-0.15, -0.1) is 0 Å². The number of benzene rings is 1. The average molecular weight is 231 g/mol. The van der Waals surface area contributed by atoms with Crippen LogP contribution in [0.5, 0.6) is 0 Å². The number of nitrogens with zero attached hydrogens (tertiary/aromatic N) is 1. The molecule has 0 radical (unpaired) electrons. The van der Waals surface area contributed by atoms with Crippen LogP contribution < -0.4 is 0 Å². The van der Waals surface area contributed by atoms with E-state index >= 15 is 0 Å². The quantitative estimate of drug-likeness (QED) is 0.763. The molecular formula is C16H25N. The largest absolute Gasteiger partial charge is 0.303 e. The van der Waals surface area contributed by atoms with Gasteiger partial charge in [-0.2, -0.15) is 0 Å². The van der Waals surface area contributed by atoms with Crippen LogP contribution in [0.4, 0.5) is 0 Å². The molecule has 0 N–H and O–H groups in total. The van der Waals surface area contributed by atoms with Gasteiger partial charge in [-0.05, 0) is 63.2 Å². The van der Waals surface area contributed by atoms with Gasteiger partial charge in [0.15, 0.2) is 0 Å². The van der Waals surface area contributed by atoms with Crippen LogP contribution in [0.25, 0.3) is 0 Å². The topological polar surface area (TPSA) is 3.24 Å². The van der Waals surface area contributed by atoms with E-state index in [9.17, 15) is 0 Å². The lowest BCUT2D eigenvalue weighted by Crippen LogP contribution is -2.35. The minimum absolute atomic E-state index is 0.759. The van der Waals surface area contributed by atoms with Crippen LogP contribution in [0.15, 0.2) is 18.2 Å². The second-order valence-electron chi connectivity index (χ2n) is 5.50. The molecule has 0 unspecified atom stereocenters. The molecule has 0 bridgehead atoms. The first-order valence-corrected chi connectivity index (χ1v) is 7.00. The summed E-state index contributed by atoms with van der Waals surface area (Å²) in [4.78, 5) is 2.63. The maximum absolute atomic E-state index is 2.63. The van der Waals surface area contributed by atoms with Gasteiger partial charge in [-0.25, -0.2) is 0 Å². The second-order valence-corrected chi connectivity index (χ2v) is 5.50. The van der Waals surface area contributed by atoms with Crippen LogP contribution >= 0.6 is 0 Å². The highest BCUT2D eigenvalue weighted by atomic mass is 15.1. The Morgan fingerprint density at radius 2 is 2.12 bits per heavy atom. The third kappa shape index (κ3) is 3.10. The third-order valence-corrected chi connectivity index (χ3v) is 3.92. The molecule has 1 saturated heterocycles. The van der Waals surface area contributed by atoms with E-state index in [1.54, 1.807) is 5.56 Å². The Hall–Kier alpha value is -0.820. The molecule has 17 heavy (non-hydrogen) atoms. The predicted octanol–water partition coefficient (Wildman–Crippen LogP) is 3.89. The zero-order chi connectivity index (χ0) is 12.3. The maximum atomic E-state index is 2.63. The molecule has 1 fully saturated rings. The summed E-state index contributed by atoms with van der Waals surface area (Å²) < 4.78 is 0. The summed E-state index contributed by atoms with van der Waals surface area (Å²) in [5.74, 6) is 0.759. The first-order chi connectivity index (χ1) is 8.20. The van der Waals surface area contributed by atoms with E-state index in [4.69, 9.17) is 0 Å². The molecule has 0 aliphatic carbocycles. The van der Waals surface area contributed by atoms with Crippen LogP contribution in [0.3, 0.4) is 0 Å². The minimum atomic E-state index is 0.759. The summed E-state index contributed by atoms with van der Waals surface area (Å²) in [5, 5.41) is 0. The maximum Gasteiger partial charge on any atom is 0.00504 e. The number of likely N-dealkylation sites (tertiary alicyclic amines) is 1. The standard InChI is InChI=1S/C16H25N/c1-4-9-17-10-5-6-15(12-17)16-11-13(2)7-8-14(16)3/h7-8,11,15H,4-6,9-10,12H2,1-3H3/t15-/m1/s1. The van der Waals surface area contributed by atoms with E-state index in [1.165, 1.54) is 50.0 Å². The molecule has 0 amide bonds. The molecule has 1 aromatic rings. The number of hydrogen-bond acceptors (Lipinski definition) is 1. The van der Waals surface area contributed by atoms with Gasteiger partial charge in [0, 0.05) is 6.54 Å². The van der Waals surface area contributed by atoms with E-state index < -0.39 is 0 Å². The summed E-state index contributed by atoms with van der Waals surface area (Å²) in [6, 6.07) is 6.91. The molecule has 1 heterocycles. The molecule has 0 spiro atoms. The molecule has 1 aliphatic heterocycles. The van der Waals surface area contributed by atoms with Gasteiger partial charge in [0.2, 0.25) is 0 Å². The van der Waals surface area contributed by atoms with E-state index in [0.717, 1.165) is 5.92 Å². The summed E-state index contributed by atoms with van der Waals surface area (Å²) in [6.07, 6.45) is 4.00. The highest BCUT2D eigenvalue weighted by molar-refractivity contribution is 5.33. The lowest BCUT2D eigenvalue weighted by Gasteiger charge is -2.33. The molecule has 1 nitrogen and oxygen atoms in total. The molecule has 1 heteroatoms. The van der Waals surface area contributed by atoms with Crippen molar-refractivity contribution >= 4 is 0 Å². The summed E-state index contributed by atoms with van der Waals surface area (Å²) >= 11 is 0. The molecule has 1 atom stereocenters. The summed E-state index contributed by atoms with van der Waals surface area (Å²) in [7, 11) is 0. The number of hydrogen-bond donors (Lipinski definition) is 0. The van der Waals surface area contributed by atoms with Crippen molar-refractivity contribution in [1.82, 2.24) is 4.90 Å². The number of piperidine rings is 1. The first-order valence-electron chi connectivity index (χ1n) is 7.00. The average Bonchev–Trinajstić information content (AvgIpc) is 2.33. The fourth-order valence-corrected chi connectivity index (χ4v) is 3.03. The highest BCUT2D eigenvalue weighted by Gasteiger charge is 2.21. The van der Waals surface area contributed by atoms with Gasteiger partial charge in [-0.3, -0.25) is 0 Å². The molecule has 1 aromatic carbocycles. The van der Waals surface area contributed by atoms with Gasteiger partial charge in [0.1, 0.15) is 0 Å². The molecule has 94 valence electrons. The Morgan fingerprint density at radius 1 is 1.29 bits per heavy atom. The van der Waals surface area contributed by atoms with Crippen molar-refractivity contribution in [1.29, 1.82) is 0 Å². The van der Waals surface area contributed by atoms with Crippen LogP contribution in [0.1, 0.15) is 48.8 Å². The Balaban J connectivity index is 2.13. The number of aryl methyl sites for hydroxylation is 2.